The number of hydrogen-bond acceptors (Lipinski definition) is 3. The number of amides is 3. The van der Waals surface area contributed by atoms with E-state index in [2.05, 4.69) is 5.32 Å². The predicted molar refractivity (Wildman–Crippen MR) is 133 cm³/mol. The van der Waals surface area contributed by atoms with Crippen molar-refractivity contribution >= 4 is 40.9 Å². The van der Waals surface area contributed by atoms with Crippen LogP contribution in [0.3, 0.4) is 0 Å². The van der Waals surface area contributed by atoms with Gasteiger partial charge in [-0.15, -0.1) is 23.2 Å². The fourth-order valence-corrected chi connectivity index (χ4v) is 7.22. The average molecular weight is 505 g/mol. The molecule has 3 aliphatic carbocycles. The number of nitrogens with zero attached hydrogens (tertiary/aromatic N) is 1. The number of imide groups is 1. The summed E-state index contributed by atoms with van der Waals surface area (Å²) in [7, 11) is 0. The summed E-state index contributed by atoms with van der Waals surface area (Å²) in [4.78, 5) is 39.4. The molecule has 0 saturated carbocycles. The number of rotatable bonds is 4. The SMILES string of the molecule is C[C@H](C(=O)NCc1ccccc1)N1C(=O)[C@H]2[C@H](C1=O)C1(Cl)c3ccccc3C2(Cl)c2ccccc21. The maximum Gasteiger partial charge on any atom is 0.243 e. The van der Waals surface area contributed by atoms with Crippen LogP contribution in [-0.4, -0.2) is 28.7 Å². The summed E-state index contributed by atoms with van der Waals surface area (Å²) in [5.41, 5.74) is 3.87. The van der Waals surface area contributed by atoms with E-state index in [4.69, 9.17) is 23.2 Å². The van der Waals surface area contributed by atoms with E-state index in [0.717, 1.165) is 32.7 Å². The molecule has 3 aromatic rings. The number of halogens is 2. The number of benzene rings is 3. The second-order valence-corrected chi connectivity index (χ2v) is 10.6. The molecular weight excluding hydrogens is 483 g/mol. The van der Waals surface area contributed by atoms with Crippen LogP contribution in [0, 0.1) is 11.8 Å². The van der Waals surface area contributed by atoms with Crippen LogP contribution in [0.25, 0.3) is 0 Å². The first-order chi connectivity index (χ1) is 16.8. The molecule has 0 aromatic heterocycles. The molecule has 0 unspecified atom stereocenters. The van der Waals surface area contributed by atoms with Gasteiger partial charge < -0.3 is 5.32 Å². The highest BCUT2D eigenvalue weighted by molar-refractivity contribution is 6.36. The minimum atomic E-state index is -1.25. The van der Waals surface area contributed by atoms with Crippen LogP contribution in [0.15, 0.2) is 78.9 Å². The Kier molecular flexibility index (Phi) is 4.89. The Bertz CT molecular complexity index is 1270. The molecule has 3 aromatic carbocycles. The van der Waals surface area contributed by atoms with Crippen LogP contribution in [0.5, 0.6) is 0 Å². The maximum absolute atomic E-state index is 13.9. The van der Waals surface area contributed by atoms with Crippen molar-refractivity contribution in [3.63, 3.8) is 0 Å². The number of alkyl halides is 2. The molecule has 1 saturated heterocycles. The second kappa shape index (κ2) is 7.67. The molecule has 5 nitrogen and oxygen atoms in total. The van der Waals surface area contributed by atoms with Crippen molar-refractivity contribution in [2.24, 2.45) is 11.8 Å². The Morgan fingerprint density at radius 1 is 0.800 bits per heavy atom. The topological polar surface area (TPSA) is 66.5 Å². The summed E-state index contributed by atoms with van der Waals surface area (Å²) in [5.74, 6) is -3.17. The van der Waals surface area contributed by atoms with E-state index < -0.39 is 45.3 Å². The Hall–Kier alpha value is -3.15. The summed E-state index contributed by atoms with van der Waals surface area (Å²) < 4.78 is 0. The lowest BCUT2D eigenvalue weighted by Gasteiger charge is -2.54. The fourth-order valence-electron chi connectivity index (χ4n) is 6.12. The lowest BCUT2D eigenvalue weighted by Crippen LogP contribution is -2.57. The monoisotopic (exact) mass is 504 g/mol. The van der Waals surface area contributed by atoms with Gasteiger partial charge in [0.05, 0.1) is 11.8 Å². The van der Waals surface area contributed by atoms with Crippen LogP contribution in [-0.2, 0) is 30.7 Å². The second-order valence-electron chi connectivity index (χ2n) is 9.40. The summed E-state index contributed by atoms with van der Waals surface area (Å²) in [6.45, 7) is 1.86. The third kappa shape index (κ3) is 2.79. The summed E-state index contributed by atoms with van der Waals surface area (Å²) in [6, 6.07) is 23.4. The highest BCUT2D eigenvalue weighted by Crippen LogP contribution is 2.69. The van der Waals surface area contributed by atoms with Gasteiger partial charge >= 0.3 is 0 Å². The Labute approximate surface area is 213 Å². The minimum absolute atomic E-state index is 0.295. The van der Waals surface area contributed by atoms with Gasteiger partial charge in [-0.2, -0.15) is 0 Å². The van der Waals surface area contributed by atoms with Crippen LogP contribution in [0.4, 0.5) is 0 Å². The molecule has 0 radical (unpaired) electrons. The molecular formula is C28H22Cl2N2O3. The molecule has 7 rings (SSSR count). The quantitative estimate of drug-likeness (QED) is 0.425. The Morgan fingerprint density at radius 3 is 1.63 bits per heavy atom. The van der Waals surface area contributed by atoms with Crippen LogP contribution < -0.4 is 5.32 Å². The lowest BCUT2D eigenvalue weighted by molar-refractivity contribution is -0.147. The van der Waals surface area contributed by atoms with Gasteiger partial charge in [0.15, 0.2) is 0 Å². The van der Waals surface area contributed by atoms with Gasteiger partial charge in [0.2, 0.25) is 17.7 Å². The van der Waals surface area contributed by atoms with Crippen molar-refractivity contribution < 1.29 is 14.4 Å². The number of hydrogen-bond donors (Lipinski definition) is 1. The first kappa shape index (κ1) is 22.3. The van der Waals surface area contributed by atoms with E-state index in [1.54, 1.807) is 6.92 Å². The summed E-state index contributed by atoms with van der Waals surface area (Å²) >= 11 is 14.8. The maximum atomic E-state index is 13.9. The van der Waals surface area contributed by atoms with Crippen molar-refractivity contribution in [2.45, 2.75) is 29.3 Å². The zero-order chi connectivity index (χ0) is 24.5. The highest BCUT2D eigenvalue weighted by Gasteiger charge is 2.73. The van der Waals surface area contributed by atoms with Crippen LogP contribution in [0.2, 0.25) is 0 Å². The molecule has 1 N–H and O–H groups in total. The molecule has 7 heteroatoms. The van der Waals surface area contributed by atoms with Gasteiger partial charge in [-0.05, 0) is 34.7 Å². The fraction of sp³-hybridized carbons (Fsp3) is 0.250. The highest BCUT2D eigenvalue weighted by atomic mass is 35.5. The molecule has 35 heavy (non-hydrogen) atoms. The standard InChI is InChI=1S/C28H22Cl2N2O3/c1-16(24(33)31-15-17-9-3-2-4-10-17)32-25(34)22-23(26(32)35)28(30)19-12-6-5-11-18(19)27(22,29)20-13-7-8-14-21(20)28/h2-14,16,22-23H,15H2,1H3,(H,31,33)/t16-,22-,23-,27?,28?/m1/s1. The first-order valence-electron chi connectivity index (χ1n) is 11.6. The smallest absolute Gasteiger partial charge is 0.243 e. The zero-order valence-corrected chi connectivity index (χ0v) is 20.4. The largest absolute Gasteiger partial charge is 0.350 e. The Balaban J connectivity index is 1.41. The lowest BCUT2D eigenvalue weighted by atomic mass is 9.54. The molecule has 4 aliphatic rings. The Morgan fingerprint density at radius 2 is 1.20 bits per heavy atom. The molecule has 3 atom stereocenters. The molecule has 0 spiro atoms. The normalized spacial score (nSPS) is 28.8. The number of carbonyl (C=O) groups excluding carboxylic acids is 3. The zero-order valence-electron chi connectivity index (χ0n) is 18.9. The van der Waals surface area contributed by atoms with E-state index in [-0.39, 0.29) is 0 Å². The van der Waals surface area contributed by atoms with Crippen LogP contribution in [0.1, 0.15) is 34.7 Å². The number of nitrogens with one attached hydrogen (secondary N) is 1. The van der Waals surface area contributed by atoms with Gasteiger partial charge in [0.1, 0.15) is 15.8 Å². The van der Waals surface area contributed by atoms with Gasteiger partial charge in [-0.3, -0.25) is 19.3 Å². The van der Waals surface area contributed by atoms with Gasteiger partial charge in [0.25, 0.3) is 0 Å². The molecule has 3 amide bonds. The van der Waals surface area contributed by atoms with E-state index in [9.17, 15) is 14.4 Å². The van der Waals surface area contributed by atoms with Crippen molar-refractivity contribution in [1.82, 2.24) is 10.2 Å². The molecule has 2 bridgehead atoms. The predicted octanol–water partition coefficient (Wildman–Crippen LogP) is 4.28. The van der Waals surface area contributed by atoms with E-state index in [1.807, 2.05) is 78.9 Å². The number of carbonyl (C=O) groups is 3. The minimum Gasteiger partial charge on any atom is -0.350 e. The van der Waals surface area contributed by atoms with Gasteiger partial charge in [0, 0.05) is 6.54 Å². The molecule has 1 heterocycles. The third-order valence-electron chi connectivity index (χ3n) is 7.70. The summed E-state index contributed by atoms with van der Waals surface area (Å²) in [6.07, 6.45) is 0. The van der Waals surface area contributed by atoms with Crippen molar-refractivity contribution in [1.29, 1.82) is 0 Å². The van der Waals surface area contributed by atoms with Crippen molar-refractivity contribution in [3.8, 4) is 0 Å². The van der Waals surface area contributed by atoms with Crippen molar-refractivity contribution in [3.05, 3.63) is 107 Å². The summed E-state index contributed by atoms with van der Waals surface area (Å²) in [5, 5.41) is 2.84. The van der Waals surface area contributed by atoms with E-state index in [1.165, 1.54) is 0 Å². The van der Waals surface area contributed by atoms with Crippen molar-refractivity contribution in [2.75, 3.05) is 0 Å². The van der Waals surface area contributed by atoms with Gasteiger partial charge in [-0.25, -0.2) is 0 Å². The number of likely N-dealkylation sites (tertiary alicyclic amines) is 1. The van der Waals surface area contributed by atoms with Gasteiger partial charge in [-0.1, -0.05) is 78.9 Å². The third-order valence-corrected chi connectivity index (χ3v) is 8.98. The van der Waals surface area contributed by atoms with E-state index >= 15 is 0 Å². The molecule has 1 aliphatic heterocycles. The first-order valence-corrected chi connectivity index (χ1v) is 12.3. The van der Waals surface area contributed by atoms with E-state index in [0.29, 0.717) is 6.54 Å². The molecule has 1 fully saturated rings. The van der Waals surface area contributed by atoms with Crippen LogP contribution >= 0.6 is 23.2 Å². The molecule has 176 valence electrons. The average Bonchev–Trinajstić information content (AvgIpc) is 3.17.